The van der Waals surface area contributed by atoms with Crippen LogP contribution in [0.2, 0.25) is 0 Å². The fourth-order valence-electron chi connectivity index (χ4n) is 2.10. The highest BCUT2D eigenvalue weighted by atomic mass is 16.5. The van der Waals surface area contributed by atoms with Crippen molar-refractivity contribution in [3.05, 3.63) is 60.6 Å². The van der Waals surface area contributed by atoms with Gasteiger partial charge in [-0.2, -0.15) is 5.26 Å². The number of imidazole rings is 1. The van der Waals surface area contributed by atoms with E-state index in [2.05, 4.69) is 21.4 Å². The molecule has 0 aliphatic rings. The van der Waals surface area contributed by atoms with Crippen molar-refractivity contribution in [3.8, 4) is 11.8 Å². The highest BCUT2D eigenvalue weighted by molar-refractivity contribution is 5.82. The molecule has 0 aliphatic heterocycles. The van der Waals surface area contributed by atoms with Crippen LogP contribution in [0.1, 0.15) is 5.82 Å². The molecule has 0 atom stereocenters. The Morgan fingerprint density at radius 2 is 2.14 bits per heavy atom. The third kappa shape index (κ3) is 2.76. The molecular formula is C17H14N4O. The van der Waals surface area contributed by atoms with Crippen molar-refractivity contribution in [1.82, 2.24) is 9.97 Å². The molecule has 0 fully saturated rings. The number of nitrogens with one attached hydrogen (secondary N) is 2. The lowest BCUT2D eigenvalue weighted by Crippen LogP contribution is -1.93. The number of anilines is 1. The van der Waals surface area contributed by atoms with Gasteiger partial charge in [0.25, 0.3) is 0 Å². The zero-order valence-electron chi connectivity index (χ0n) is 12.0. The first kappa shape index (κ1) is 13.7. The number of rotatable bonds is 4. The van der Waals surface area contributed by atoms with Gasteiger partial charge >= 0.3 is 0 Å². The molecule has 0 saturated carbocycles. The molecule has 0 spiro atoms. The van der Waals surface area contributed by atoms with Crippen LogP contribution in [0.3, 0.4) is 0 Å². The Balaban J connectivity index is 1.88. The molecular weight excluding hydrogens is 276 g/mol. The van der Waals surface area contributed by atoms with Crippen LogP contribution in [0, 0.1) is 11.3 Å². The van der Waals surface area contributed by atoms with E-state index < -0.39 is 0 Å². The maximum absolute atomic E-state index is 9.34. The minimum atomic E-state index is 0.430. The quantitative estimate of drug-likeness (QED) is 0.721. The molecule has 5 nitrogen and oxygen atoms in total. The minimum Gasteiger partial charge on any atom is -0.497 e. The maximum atomic E-state index is 9.34. The number of nitriles is 1. The van der Waals surface area contributed by atoms with Crippen LogP contribution >= 0.6 is 0 Å². The average molecular weight is 290 g/mol. The first-order valence-electron chi connectivity index (χ1n) is 6.76. The van der Waals surface area contributed by atoms with E-state index in [1.807, 2.05) is 48.5 Å². The zero-order valence-corrected chi connectivity index (χ0v) is 12.0. The van der Waals surface area contributed by atoms with Crippen LogP contribution < -0.4 is 10.1 Å². The van der Waals surface area contributed by atoms with E-state index in [0.717, 1.165) is 22.5 Å². The van der Waals surface area contributed by atoms with Crippen molar-refractivity contribution < 1.29 is 4.74 Å². The second-order valence-corrected chi connectivity index (χ2v) is 4.65. The third-order valence-corrected chi connectivity index (χ3v) is 3.22. The summed E-state index contributed by atoms with van der Waals surface area (Å²) in [6.07, 6.45) is 1.63. The number of allylic oxidation sites excluding steroid dienone is 1. The number of hydrogen-bond acceptors (Lipinski definition) is 4. The fourth-order valence-corrected chi connectivity index (χ4v) is 2.10. The van der Waals surface area contributed by atoms with E-state index in [9.17, 15) is 5.26 Å². The smallest absolute Gasteiger partial charge is 0.150 e. The third-order valence-electron chi connectivity index (χ3n) is 3.22. The normalized spacial score (nSPS) is 11.2. The molecule has 2 aromatic carbocycles. The number of benzene rings is 2. The van der Waals surface area contributed by atoms with Crippen LogP contribution in [0.15, 0.2) is 54.7 Å². The van der Waals surface area contributed by atoms with E-state index in [1.165, 1.54) is 0 Å². The van der Waals surface area contributed by atoms with E-state index in [0.29, 0.717) is 11.4 Å². The highest BCUT2D eigenvalue weighted by Crippen LogP contribution is 2.19. The number of methoxy groups -OCH3 is 1. The van der Waals surface area contributed by atoms with Gasteiger partial charge < -0.3 is 15.0 Å². The number of para-hydroxylation sites is 2. The Kier molecular flexibility index (Phi) is 3.75. The minimum absolute atomic E-state index is 0.430. The van der Waals surface area contributed by atoms with Crippen molar-refractivity contribution in [2.75, 3.05) is 12.4 Å². The highest BCUT2D eigenvalue weighted by Gasteiger charge is 2.07. The average Bonchev–Trinajstić information content (AvgIpc) is 2.99. The first-order chi connectivity index (χ1) is 10.8. The topological polar surface area (TPSA) is 73.7 Å². The Bertz CT molecular complexity index is 840. The van der Waals surface area contributed by atoms with Gasteiger partial charge in [0.05, 0.1) is 18.1 Å². The number of H-pyrrole nitrogens is 1. The van der Waals surface area contributed by atoms with Crippen molar-refractivity contribution >= 4 is 22.3 Å². The van der Waals surface area contributed by atoms with Gasteiger partial charge in [0.2, 0.25) is 0 Å². The molecule has 0 bridgehead atoms. The van der Waals surface area contributed by atoms with Crippen molar-refractivity contribution in [3.63, 3.8) is 0 Å². The molecule has 5 heteroatoms. The summed E-state index contributed by atoms with van der Waals surface area (Å²) in [5, 5.41) is 12.4. The van der Waals surface area contributed by atoms with Crippen LogP contribution in [-0.2, 0) is 0 Å². The molecule has 1 heterocycles. The maximum Gasteiger partial charge on any atom is 0.150 e. The fraction of sp³-hybridized carbons (Fsp3) is 0.0588. The summed E-state index contributed by atoms with van der Waals surface area (Å²) in [7, 11) is 1.62. The number of aromatic nitrogens is 2. The standard InChI is InChI=1S/C17H14N4O/c1-22-14-6-4-5-13(9-14)19-11-12(10-18)17-20-15-7-2-3-8-16(15)21-17/h2-9,11,19H,1H3,(H,20,21)/b12-11+. The van der Waals surface area contributed by atoms with E-state index >= 15 is 0 Å². The lowest BCUT2D eigenvalue weighted by molar-refractivity contribution is 0.415. The predicted octanol–water partition coefficient (Wildman–Crippen LogP) is 3.55. The number of fused-ring (bicyclic) bond motifs is 1. The molecule has 2 N–H and O–H groups in total. The summed E-state index contributed by atoms with van der Waals surface area (Å²) in [5.41, 5.74) is 3.00. The van der Waals surface area contributed by atoms with Gasteiger partial charge in [-0.05, 0) is 24.3 Å². The van der Waals surface area contributed by atoms with E-state index in [1.54, 1.807) is 13.3 Å². The molecule has 1 aromatic heterocycles. The second-order valence-electron chi connectivity index (χ2n) is 4.65. The Hall–Kier alpha value is -3.26. The van der Waals surface area contributed by atoms with Crippen LogP contribution in [0.5, 0.6) is 5.75 Å². The van der Waals surface area contributed by atoms with E-state index in [4.69, 9.17) is 4.74 Å². The summed E-state index contributed by atoms with van der Waals surface area (Å²) in [6.45, 7) is 0. The Morgan fingerprint density at radius 1 is 1.27 bits per heavy atom. The number of ether oxygens (including phenoxy) is 1. The monoisotopic (exact) mass is 290 g/mol. The van der Waals surface area contributed by atoms with Gasteiger partial charge in [0.1, 0.15) is 17.4 Å². The van der Waals surface area contributed by atoms with Crippen molar-refractivity contribution in [2.45, 2.75) is 0 Å². The molecule has 0 amide bonds. The molecule has 3 rings (SSSR count). The molecule has 0 radical (unpaired) electrons. The van der Waals surface area contributed by atoms with Gasteiger partial charge in [0.15, 0.2) is 5.82 Å². The number of nitrogens with zero attached hydrogens (tertiary/aromatic N) is 2. The summed E-state index contributed by atoms with van der Waals surface area (Å²) < 4.78 is 5.17. The van der Waals surface area contributed by atoms with Crippen LogP contribution in [-0.4, -0.2) is 17.1 Å². The molecule has 0 saturated heterocycles. The van der Waals surface area contributed by atoms with Crippen molar-refractivity contribution in [2.24, 2.45) is 0 Å². The molecule has 22 heavy (non-hydrogen) atoms. The van der Waals surface area contributed by atoms with Crippen LogP contribution in [0.25, 0.3) is 16.6 Å². The Labute approximate surface area is 127 Å². The van der Waals surface area contributed by atoms with Gasteiger partial charge in [-0.3, -0.25) is 0 Å². The van der Waals surface area contributed by atoms with Crippen molar-refractivity contribution in [1.29, 1.82) is 5.26 Å². The molecule has 108 valence electrons. The zero-order chi connectivity index (χ0) is 15.4. The van der Waals surface area contributed by atoms with E-state index in [-0.39, 0.29) is 0 Å². The van der Waals surface area contributed by atoms with Gasteiger partial charge in [-0.1, -0.05) is 18.2 Å². The lowest BCUT2D eigenvalue weighted by Gasteiger charge is -2.04. The predicted molar refractivity (Wildman–Crippen MR) is 86.3 cm³/mol. The SMILES string of the molecule is COc1cccc(N/C=C(\C#N)c2nc3ccccc3[nH]2)c1. The molecule has 0 unspecified atom stereocenters. The summed E-state index contributed by atoms with van der Waals surface area (Å²) in [4.78, 5) is 7.56. The lowest BCUT2D eigenvalue weighted by atomic mass is 10.2. The number of hydrogen-bond donors (Lipinski definition) is 2. The molecule has 3 aromatic rings. The molecule has 0 aliphatic carbocycles. The summed E-state index contributed by atoms with van der Waals surface area (Å²) >= 11 is 0. The van der Waals surface area contributed by atoms with Gasteiger partial charge in [-0.15, -0.1) is 0 Å². The largest absolute Gasteiger partial charge is 0.497 e. The van der Waals surface area contributed by atoms with Gasteiger partial charge in [-0.25, -0.2) is 4.98 Å². The van der Waals surface area contributed by atoms with Crippen LogP contribution in [0.4, 0.5) is 5.69 Å². The number of aromatic amines is 1. The van der Waals surface area contributed by atoms with Gasteiger partial charge in [0, 0.05) is 18.0 Å². The summed E-state index contributed by atoms with van der Waals surface area (Å²) in [6, 6.07) is 17.3. The Morgan fingerprint density at radius 3 is 2.91 bits per heavy atom. The summed E-state index contributed by atoms with van der Waals surface area (Å²) in [5.74, 6) is 1.29. The second kappa shape index (κ2) is 6.02. The first-order valence-corrected chi connectivity index (χ1v) is 6.76.